The molecule has 1 aromatic rings. The van der Waals surface area contributed by atoms with Crippen LogP contribution in [0.3, 0.4) is 0 Å². The smallest absolute Gasteiger partial charge is 0.338 e. The van der Waals surface area contributed by atoms with E-state index in [2.05, 4.69) is 27.0 Å². The molecule has 0 radical (unpaired) electrons. The van der Waals surface area contributed by atoms with Gasteiger partial charge in [0.25, 0.3) is 0 Å². The van der Waals surface area contributed by atoms with Crippen LogP contribution in [0.2, 0.25) is 0 Å². The van der Waals surface area contributed by atoms with Crippen LogP contribution in [0.1, 0.15) is 18.5 Å². The van der Waals surface area contributed by atoms with Gasteiger partial charge in [0.1, 0.15) is 0 Å². The Morgan fingerprint density at radius 1 is 1.09 bits per heavy atom. The Bertz CT molecular complexity index is 940. The summed E-state index contributed by atoms with van der Waals surface area (Å²) in [6, 6.07) is 2.27. The van der Waals surface area contributed by atoms with Crippen molar-refractivity contribution in [3.8, 4) is 17.2 Å². The minimum Gasteiger partial charge on any atom is -0.493 e. The van der Waals surface area contributed by atoms with Crippen molar-refractivity contribution < 1.29 is 28.5 Å². The number of carbonyl (C=O) groups excluding carboxylic acids is 2. The fourth-order valence-electron chi connectivity index (χ4n) is 4.31. The van der Waals surface area contributed by atoms with Crippen LogP contribution in [0.25, 0.3) is 0 Å². The quantitative estimate of drug-likeness (QED) is 0.390. The highest BCUT2D eigenvalue weighted by Gasteiger charge is 2.37. The predicted octanol–water partition coefficient (Wildman–Crippen LogP) is 1.69. The summed E-state index contributed by atoms with van der Waals surface area (Å²) in [6.45, 7) is 10.4. The summed E-state index contributed by atoms with van der Waals surface area (Å²) in [5, 5.41) is 5.69. The Labute approximate surface area is 200 Å². The van der Waals surface area contributed by atoms with E-state index in [0.717, 1.165) is 32.7 Å². The number of esters is 1. The molecule has 1 saturated heterocycles. The maximum absolute atomic E-state index is 13.1. The molecule has 2 N–H and O–H groups in total. The maximum atomic E-state index is 13.1. The molecule has 2 amide bonds. The van der Waals surface area contributed by atoms with E-state index in [-0.39, 0.29) is 6.61 Å². The van der Waals surface area contributed by atoms with Gasteiger partial charge in [0.15, 0.2) is 11.5 Å². The molecule has 0 spiro atoms. The molecule has 34 heavy (non-hydrogen) atoms. The zero-order chi connectivity index (χ0) is 24.7. The number of nitrogens with zero attached hydrogens (tertiary/aromatic N) is 2. The molecular formula is C24H34N4O6. The summed E-state index contributed by atoms with van der Waals surface area (Å²) in [7, 11) is 4.53. The van der Waals surface area contributed by atoms with Gasteiger partial charge in [-0.2, -0.15) is 0 Å². The second-order valence-corrected chi connectivity index (χ2v) is 7.93. The number of piperazine rings is 1. The topological polar surface area (TPSA) is 102 Å². The largest absolute Gasteiger partial charge is 0.493 e. The van der Waals surface area contributed by atoms with Crippen LogP contribution in [-0.4, -0.2) is 89.0 Å². The lowest BCUT2D eigenvalue weighted by atomic mass is 9.93. The van der Waals surface area contributed by atoms with Crippen molar-refractivity contribution in [2.45, 2.75) is 13.0 Å². The number of urea groups is 1. The third kappa shape index (κ3) is 5.45. The van der Waals surface area contributed by atoms with Crippen molar-refractivity contribution in [3.05, 3.63) is 41.6 Å². The molecule has 1 aromatic carbocycles. The Hall–Kier alpha value is -3.24. The SMILES string of the molecule is C=CCN1CCN(CC2=C(C(=O)OCC)[C@@H](c3ccc(OC)c(OC)c3OC)NC(=O)N2)CC1. The number of rotatable bonds is 10. The highest BCUT2D eigenvalue weighted by Crippen LogP contribution is 2.44. The highest BCUT2D eigenvalue weighted by molar-refractivity contribution is 5.95. The summed E-state index contributed by atoms with van der Waals surface area (Å²) >= 11 is 0. The molecule has 3 rings (SSSR count). The summed E-state index contributed by atoms with van der Waals surface area (Å²) in [4.78, 5) is 30.4. The van der Waals surface area contributed by atoms with E-state index in [9.17, 15) is 9.59 Å². The van der Waals surface area contributed by atoms with E-state index in [1.807, 2.05) is 6.08 Å². The fraction of sp³-hybridized carbons (Fsp3) is 0.500. The summed E-state index contributed by atoms with van der Waals surface area (Å²) in [6.07, 6.45) is 1.89. The summed E-state index contributed by atoms with van der Waals surface area (Å²) < 4.78 is 21.9. The van der Waals surface area contributed by atoms with Crippen LogP contribution in [0.4, 0.5) is 4.79 Å². The first-order valence-corrected chi connectivity index (χ1v) is 11.3. The number of benzene rings is 1. The van der Waals surface area contributed by atoms with Gasteiger partial charge in [-0.3, -0.25) is 9.80 Å². The lowest BCUT2D eigenvalue weighted by Crippen LogP contribution is -2.51. The molecule has 186 valence electrons. The van der Waals surface area contributed by atoms with E-state index < -0.39 is 18.0 Å². The third-order valence-electron chi connectivity index (χ3n) is 5.93. The number of methoxy groups -OCH3 is 3. The average molecular weight is 475 g/mol. The molecule has 2 aliphatic rings. The number of hydrogen-bond donors (Lipinski definition) is 2. The van der Waals surface area contributed by atoms with E-state index >= 15 is 0 Å². The van der Waals surface area contributed by atoms with Crippen LogP contribution in [0.15, 0.2) is 36.1 Å². The molecule has 0 aromatic heterocycles. The minimum atomic E-state index is -0.792. The lowest BCUT2D eigenvalue weighted by Gasteiger charge is -2.36. The van der Waals surface area contributed by atoms with Gasteiger partial charge in [-0.15, -0.1) is 6.58 Å². The van der Waals surface area contributed by atoms with Crippen LogP contribution < -0.4 is 24.8 Å². The summed E-state index contributed by atoms with van der Waals surface area (Å²) in [5.41, 5.74) is 1.41. The van der Waals surface area contributed by atoms with Crippen molar-refractivity contribution in [2.75, 3.05) is 67.2 Å². The van der Waals surface area contributed by atoms with Crippen molar-refractivity contribution in [1.29, 1.82) is 0 Å². The van der Waals surface area contributed by atoms with Crippen LogP contribution in [0, 0.1) is 0 Å². The van der Waals surface area contributed by atoms with Crippen molar-refractivity contribution >= 4 is 12.0 Å². The molecule has 2 heterocycles. The molecule has 10 nitrogen and oxygen atoms in total. The molecule has 2 aliphatic heterocycles. The van der Waals surface area contributed by atoms with Crippen LogP contribution in [0.5, 0.6) is 17.2 Å². The standard InChI is InChI=1S/C24H34N4O6/c1-6-10-27-11-13-28(14-12-27)15-17-19(23(29)34-7-2)20(26-24(30)25-17)16-8-9-18(31-3)22(33-5)21(16)32-4/h6,8-9,20H,1,7,10-15H2,2-5H3,(H2,25,26,30)/t20-/m1/s1. The first-order chi connectivity index (χ1) is 16.5. The molecule has 0 bridgehead atoms. The van der Waals surface area contributed by atoms with Crippen LogP contribution in [-0.2, 0) is 9.53 Å². The fourth-order valence-corrected chi connectivity index (χ4v) is 4.31. The normalized spacial score (nSPS) is 19.2. The molecule has 0 aliphatic carbocycles. The lowest BCUT2D eigenvalue weighted by molar-refractivity contribution is -0.139. The van der Waals surface area contributed by atoms with E-state index in [1.165, 1.54) is 21.3 Å². The van der Waals surface area contributed by atoms with Gasteiger partial charge in [0.2, 0.25) is 5.75 Å². The number of nitrogens with one attached hydrogen (secondary N) is 2. The molecule has 10 heteroatoms. The molecule has 1 fully saturated rings. The number of amides is 2. The van der Waals surface area contributed by atoms with E-state index in [1.54, 1.807) is 19.1 Å². The van der Waals surface area contributed by atoms with Gasteiger partial charge in [0, 0.05) is 50.5 Å². The van der Waals surface area contributed by atoms with Gasteiger partial charge >= 0.3 is 12.0 Å². The van der Waals surface area contributed by atoms with Gasteiger partial charge < -0.3 is 29.6 Å². The van der Waals surface area contributed by atoms with Crippen molar-refractivity contribution in [3.63, 3.8) is 0 Å². The predicted molar refractivity (Wildman–Crippen MR) is 127 cm³/mol. The highest BCUT2D eigenvalue weighted by atomic mass is 16.5. The van der Waals surface area contributed by atoms with Crippen molar-refractivity contribution in [2.24, 2.45) is 0 Å². The maximum Gasteiger partial charge on any atom is 0.338 e. The molecular weight excluding hydrogens is 440 g/mol. The second kappa shape index (κ2) is 11.8. The second-order valence-electron chi connectivity index (χ2n) is 7.93. The summed E-state index contributed by atoms with van der Waals surface area (Å²) in [5.74, 6) is 0.714. The molecule has 1 atom stereocenters. The average Bonchev–Trinajstić information content (AvgIpc) is 2.84. The van der Waals surface area contributed by atoms with Gasteiger partial charge in [0.05, 0.1) is 39.6 Å². The van der Waals surface area contributed by atoms with E-state index in [4.69, 9.17) is 18.9 Å². The first-order valence-electron chi connectivity index (χ1n) is 11.3. The van der Waals surface area contributed by atoms with Gasteiger partial charge in [-0.1, -0.05) is 6.08 Å². The molecule has 0 unspecified atom stereocenters. The zero-order valence-electron chi connectivity index (χ0n) is 20.3. The Morgan fingerprint density at radius 2 is 1.76 bits per heavy atom. The zero-order valence-corrected chi connectivity index (χ0v) is 20.3. The molecule has 0 saturated carbocycles. The number of carbonyl (C=O) groups is 2. The minimum absolute atomic E-state index is 0.208. The third-order valence-corrected chi connectivity index (χ3v) is 5.93. The van der Waals surface area contributed by atoms with Crippen molar-refractivity contribution in [1.82, 2.24) is 20.4 Å². The Morgan fingerprint density at radius 3 is 2.35 bits per heavy atom. The van der Waals surface area contributed by atoms with Gasteiger partial charge in [-0.05, 0) is 19.1 Å². The Kier molecular flexibility index (Phi) is 8.78. The number of hydrogen-bond acceptors (Lipinski definition) is 8. The van der Waals surface area contributed by atoms with Crippen LogP contribution >= 0.6 is 0 Å². The Balaban J connectivity index is 2.02. The van der Waals surface area contributed by atoms with E-state index in [0.29, 0.717) is 40.6 Å². The first kappa shape index (κ1) is 25.4. The van der Waals surface area contributed by atoms with Gasteiger partial charge in [-0.25, -0.2) is 9.59 Å². The monoisotopic (exact) mass is 474 g/mol. The number of ether oxygens (including phenoxy) is 4.